The predicted octanol–water partition coefficient (Wildman–Crippen LogP) is 1.99. The number of nitrogens with two attached hydrogens (primary N) is 1. The molecule has 1 aliphatic heterocycles. The maximum absolute atomic E-state index is 5.62. The lowest BCUT2D eigenvalue weighted by atomic mass is 10.1. The van der Waals surface area contributed by atoms with Crippen molar-refractivity contribution in [2.75, 3.05) is 44.2 Å². The van der Waals surface area contributed by atoms with E-state index >= 15 is 0 Å². The average molecular weight is 290 g/mol. The van der Waals surface area contributed by atoms with Crippen molar-refractivity contribution in [3.8, 4) is 0 Å². The Labute approximate surface area is 124 Å². The van der Waals surface area contributed by atoms with E-state index in [1.807, 2.05) is 11.3 Å². The summed E-state index contributed by atoms with van der Waals surface area (Å²) in [6, 6.07) is 4.39. The van der Waals surface area contributed by atoms with Gasteiger partial charge in [-0.3, -0.25) is 4.90 Å². The molecule has 5 heteroatoms. The average Bonchev–Trinajstić information content (AvgIpc) is 2.89. The third-order valence-corrected chi connectivity index (χ3v) is 5.24. The molecule has 20 heavy (non-hydrogen) atoms. The van der Waals surface area contributed by atoms with E-state index in [1.54, 1.807) is 0 Å². The van der Waals surface area contributed by atoms with E-state index < -0.39 is 0 Å². The van der Waals surface area contributed by atoms with Crippen LogP contribution >= 0.6 is 11.3 Å². The van der Waals surface area contributed by atoms with Crippen LogP contribution in [0.2, 0.25) is 0 Å². The molecule has 4 nitrogen and oxygen atoms in total. The SMILES string of the molecule is Cc1ccc2sc(N3CCN(CCN)CC3)nc2c1C. The highest BCUT2D eigenvalue weighted by Crippen LogP contribution is 2.32. The van der Waals surface area contributed by atoms with Gasteiger partial charge in [0.1, 0.15) is 0 Å². The van der Waals surface area contributed by atoms with Crippen LogP contribution in [-0.2, 0) is 0 Å². The first-order chi connectivity index (χ1) is 9.69. The second kappa shape index (κ2) is 5.68. The number of piperazine rings is 1. The molecule has 2 heterocycles. The molecule has 108 valence electrons. The predicted molar refractivity (Wildman–Crippen MR) is 86.8 cm³/mol. The Balaban J connectivity index is 1.80. The van der Waals surface area contributed by atoms with E-state index in [9.17, 15) is 0 Å². The second-order valence-corrected chi connectivity index (χ2v) is 6.48. The van der Waals surface area contributed by atoms with Crippen LogP contribution in [0.15, 0.2) is 12.1 Å². The molecule has 1 aromatic carbocycles. The third kappa shape index (κ3) is 2.53. The molecule has 1 fully saturated rings. The number of rotatable bonds is 3. The van der Waals surface area contributed by atoms with Gasteiger partial charge in [-0.2, -0.15) is 0 Å². The minimum atomic E-state index is 0.750. The van der Waals surface area contributed by atoms with Gasteiger partial charge >= 0.3 is 0 Å². The van der Waals surface area contributed by atoms with Gasteiger partial charge in [0.15, 0.2) is 5.13 Å². The summed E-state index contributed by atoms with van der Waals surface area (Å²) in [6.45, 7) is 10.4. The van der Waals surface area contributed by atoms with Crippen LogP contribution in [0, 0.1) is 13.8 Å². The maximum Gasteiger partial charge on any atom is 0.186 e. The Morgan fingerprint density at radius 1 is 1.20 bits per heavy atom. The van der Waals surface area contributed by atoms with Gasteiger partial charge in [0.05, 0.1) is 10.2 Å². The number of anilines is 1. The quantitative estimate of drug-likeness (QED) is 0.939. The molecule has 1 saturated heterocycles. The van der Waals surface area contributed by atoms with Crippen LogP contribution in [0.1, 0.15) is 11.1 Å². The second-order valence-electron chi connectivity index (χ2n) is 5.47. The number of fused-ring (bicyclic) bond motifs is 1. The number of hydrogen-bond acceptors (Lipinski definition) is 5. The number of nitrogens with zero attached hydrogens (tertiary/aromatic N) is 3. The van der Waals surface area contributed by atoms with E-state index in [0.29, 0.717) is 0 Å². The van der Waals surface area contributed by atoms with Crippen LogP contribution in [0.4, 0.5) is 5.13 Å². The topological polar surface area (TPSA) is 45.4 Å². The van der Waals surface area contributed by atoms with Gasteiger partial charge in [0.2, 0.25) is 0 Å². The first-order valence-electron chi connectivity index (χ1n) is 7.23. The van der Waals surface area contributed by atoms with Crippen molar-refractivity contribution in [3.05, 3.63) is 23.3 Å². The number of benzene rings is 1. The summed E-state index contributed by atoms with van der Waals surface area (Å²) >= 11 is 1.81. The fraction of sp³-hybridized carbons (Fsp3) is 0.533. The lowest BCUT2D eigenvalue weighted by molar-refractivity contribution is 0.265. The third-order valence-electron chi connectivity index (χ3n) is 4.16. The van der Waals surface area contributed by atoms with Crippen molar-refractivity contribution in [2.24, 2.45) is 5.73 Å². The van der Waals surface area contributed by atoms with Crippen LogP contribution in [0.25, 0.3) is 10.2 Å². The summed E-state index contributed by atoms with van der Waals surface area (Å²) in [5, 5.41) is 1.17. The Bertz CT molecular complexity index is 599. The van der Waals surface area contributed by atoms with E-state index in [0.717, 1.165) is 39.3 Å². The van der Waals surface area contributed by atoms with Crippen LogP contribution in [0.3, 0.4) is 0 Å². The van der Waals surface area contributed by atoms with Gasteiger partial charge in [-0.05, 0) is 31.0 Å². The summed E-state index contributed by atoms with van der Waals surface area (Å²) in [5.41, 5.74) is 9.43. The maximum atomic E-state index is 5.62. The summed E-state index contributed by atoms with van der Waals surface area (Å²) < 4.78 is 1.30. The zero-order valence-electron chi connectivity index (χ0n) is 12.2. The molecule has 2 N–H and O–H groups in total. The highest BCUT2D eigenvalue weighted by molar-refractivity contribution is 7.22. The van der Waals surface area contributed by atoms with Gasteiger partial charge in [-0.1, -0.05) is 17.4 Å². The van der Waals surface area contributed by atoms with E-state index in [1.165, 1.54) is 26.5 Å². The molecule has 1 aromatic heterocycles. The summed E-state index contributed by atoms with van der Waals surface area (Å²) in [6.07, 6.45) is 0. The molecule has 0 bridgehead atoms. The molecule has 0 saturated carbocycles. The standard InChI is InChI=1S/C15H22N4S/c1-11-3-4-13-14(12(11)2)17-15(20-13)19-9-7-18(6-5-16)8-10-19/h3-4H,5-10,16H2,1-2H3. The van der Waals surface area contributed by atoms with Crippen molar-refractivity contribution < 1.29 is 0 Å². The van der Waals surface area contributed by atoms with E-state index in [2.05, 4.69) is 35.8 Å². The summed E-state index contributed by atoms with van der Waals surface area (Å²) in [7, 11) is 0. The number of thiazole rings is 1. The summed E-state index contributed by atoms with van der Waals surface area (Å²) in [4.78, 5) is 9.71. The molecule has 0 unspecified atom stereocenters. The Morgan fingerprint density at radius 3 is 2.65 bits per heavy atom. The molecule has 2 aromatic rings. The van der Waals surface area contributed by atoms with Crippen LogP contribution in [-0.4, -0.2) is 49.2 Å². The Hall–Kier alpha value is -1.17. The van der Waals surface area contributed by atoms with Gasteiger partial charge < -0.3 is 10.6 Å². The number of aromatic nitrogens is 1. The normalized spacial score (nSPS) is 17.1. The largest absolute Gasteiger partial charge is 0.345 e. The fourth-order valence-corrected chi connectivity index (χ4v) is 3.77. The van der Waals surface area contributed by atoms with Crippen molar-refractivity contribution in [1.29, 1.82) is 0 Å². The molecule has 1 aliphatic rings. The Kier molecular flexibility index (Phi) is 3.92. The van der Waals surface area contributed by atoms with Gasteiger partial charge in [0.25, 0.3) is 0 Å². The van der Waals surface area contributed by atoms with Gasteiger partial charge in [0, 0.05) is 39.3 Å². The summed E-state index contributed by atoms with van der Waals surface area (Å²) in [5.74, 6) is 0. The van der Waals surface area contributed by atoms with Crippen molar-refractivity contribution in [3.63, 3.8) is 0 Å². The highest BCUT2D eigenvalue weighted by Gasteiger charge is 2.19. The van der Waals surface area contributed by atoms with Crippen molar-refractivity contribution in [1.82, 2.24) is 9.88 Å². The van der Waals surface area contributed by atoms with Gasteiger partial charge in [-0.25, -0.2) is 4.98 Å². The molecule has 3 rings (SSSR count). The monoisotopic (exact) mass is 290 g/mol. The molecular weight excluding hydrogens is 268 g/mol. The first kappa shape index (κ1) is 13.8. The van der Waals surface area contributed by atoms with E-state index in [4.69, 9.17) is 10.7 Å². The van der Waals surface area contributed by atoms with Crippen LogP contribution < -0.4 is 10.6 Å². The molecular formula is C15H22N4S. The minimum Gasteiger partial charge on any atom is -0.345 e. The fourth-order valence-electron chi connectivity index (χ4n) is 2.69. The lowest BCUT2D eigenvalue weighted by Gasteiger charge is -2.34. The highest BCUT2D eigenvalue weighted by atomic mass is 32.1. The first-order valence-corrected chi connectivity index (χ1v) is 8.05. The van der Waals surface area contributed by atoms with Crippen molar-refractivity contribution >= 4 is 26.7 Å². The minimum absolute atomic E-state index is 0.750. The van der Waals surface area contributed by atoms with Crippen LogP contribution in [0.5, 0.6) is 0 Å². The zero-order chi connectivity index (χ0) is 14.1. The molecule has 0 atom stereocenters. The molecule has 0 spiro atoms. The Morgan fingerprint density at radius 2 is 1.95 bits per heavy atom. The zero-order valence-corrected chi connectivity index (χ0v) is 13.0. The lowest BCUT2D eigenvalue weighted by Crippen LogP contribution is -2.47. The molecule has 0 aliphatic carbocycles. The van der Waals surface area contributed by atoms with Crippen molar-refractivity contribution in [2.45, 2.75) is 13.8 Å². The molecule has 0 radical (unpaired) electrons. The number of hydrogen-bond donors (Lipinski definition) is 1. The van der Waals surface area contributed by atoms with Gasteiger partial charge in [-0.15, -0.1) is 0 Å². The smallest absolute Gasteiger partial charge is 0.186 e. The molecule has 0 amide bonds. The van der Waals surface area contributed by atoms with E-state index in [-0.39, 0.29) is 0 Å². The number of aryl methyl sites for hydroxylation is 2.